The Hall–Kier alpha value is -1.12. The largest absolute Gasteiger partial charge is 0.337 e. The van der Waals surface area contributed by atoms with Crippen molar-refractivity contribution in [3.63, 3.8) is 0 Å². The van der Waals surface area contributed by atoms with E-state index < -0.39 is 0 Å². The third kappa shape index (κ3) is 6.38. The van der Waals surface area contributed by atoms with Crippen LogP contribution in [0, 0.1) is 0 Å². The van der Waals surface area contributed by atoms with Gasteiger partial charge in [-0.2, -0.15) is 0 Å². The number of hydrogen-bond acceptors (Lipinski definition) is 2. The highest BCUT2D eigenvalue weighted by atomic mass is 15.0. The Morgan fingerprint density at radius 2 is 2.19 bits per heavy atom. The first-order chi connectivity index (χ1) is 7.93. The normalized spacial score (nSPS) is 11.3. The Morgan fingerprint density at radius 1 is 1.25 bits per heavy atom. The molecule has 0 aliphatic rings. The summed E-state index contributed by atoms with van der Waals surface area (Å²) in [5, 5.41) is 0. The molecule has 0 atom stereocenters. The van der Waals surface area contributed by atoms with Crippen molar-refractivity contribution in [2.75, 3.05) is 6.54 Å². The van der Waals surface area contributed by atoms with Gasteiger partial charge in [0.1, 0.15) is 0 Å². The maximum atomic E-state index is 4.41. The Bertz CT molecular complexity index is 265. The van der Waals surface area contributed by atoms with Gasteiger partial charge in [0.05, 0.1) is 6.33 Å². The van der Waals surface area contributed by atoms with Crippen LogP contribution in [0.1, 0.15) is 45.4 Å². The summed E-state index contributed by atoms with van der Waals surface area (Å²) in [4.78, 5) is 8.42. The highest BCUT2D eigenvalue weighted by molar-refractivity contribution is 5.56. The van der Waals surface area contributed by atoms with Gasteiger partial charge in [-0.25, -0.2) is 4.98 Å². The van der Waals surface area contributed by atoms with E-state index in [-0.39, 0.29) is 0 Å². The van der Waals surface area contributed by atoms with E-state index in [0.717, 1.165) is 25.9 Å². The van der Waals surface area contributed by atoms with E-state index in [1.54, 1.807) is 0 Å². The van der Waals surface area contributed by atoms with E-state index in [0.29, 0.717) is 0 Å². The molecule has 0 saturated carbocycles. The molecule has 3 nitrogen and oxygen atoms in total. The molecule has 0 bridgehead atoms. The summed E-state index contributed by atoms with van der Waals surface area (Å²) in [7, 11) is 0. The molecular formula is C13H23N3. The molecular weight excluding hydrogens is 198 g/mol. The minimum atomic E-state index is 1.01. The molecule has 0 aromatic carbocycles. The van der Waals surface area contributed by atoms with Gasteiger partial charge >= 0.3 is 0 Å². The van der Waals surface area contributed by atoms with E-state index in [1.165, 1.54) is 25.7 Å². The van der Waals surface area contributed by atoms with Crippen LogP contribution < -0.4 is 0 Å². The van der Waals surface area contributed by atoms with Gasteiger partial charge in [0.25, 0.3) is 0 Å². The minimum Gasteiger partial charge on any atom is -0.337 e. The Kier molecular flexibility index (Phi) is 7.39. The number of rotatable bonds is 9. The molecule has 1 aromatic heterocycles. The van der Waals surface area contributed by atoms with Gasteiger partial charge in [-0.15, -0.1) is 0 Å². The molecule has 0 aliphatic carbocycles. The maximum absolute atomic E-state index is 4.41. The van der Waals surface area contributed by atoms with E-state index >= 15 is 0 Å². The Morgan fingerprint density at radius 3 is 2.94 bits per heavy atom. The van der Waals surface area contributed by atoms with Crippen molar-refractivity contribution in [3.05, 3.63) is 18.7 Å². The summed E-state index contributed by atoms with van der Waals surface area (Å²) < 4.78 is 2.11. The molecule has 0 amide bonds. The number of unbranched alkanes of at least 4 members (excludes halogenated alkanes) is 4. The summed E-state index contributed by atoms with van der Waals surface area (Å²) in [5.41, 5.74) is 0. The van der Waals surface area contributed by atoms with Crippen LogP contribution >= 0.6 is 0 Å². The van der Waals surface area contributed by atoms with E-state index in [1.807, 2.05) is 18.7 Å². The lowest BCUT2D eigenvalue weighted by Gasteiger charge is -1.98. The quantitative estimate of drug-likeness (QED) is 0.465. The van der Waals surface area contributed by atoms with E-state index in [4.69, 9.17) is 0 Å². The van der Waals surface area contributed by atoms with Crippen molar-refractivity contribution < 1.29 is 0 Å². The first kappa shape index (κ1) is 12.9. The Labute approximate surface area is 98.6 Å². The number of hydrogen-bond donors (Lipinski definition) is 0. The van der Waals surface area contributed by atoms with Gasteiger partial charge in [0, 0.05) is 25.5 Å². The number of aryl methyl sites for hydroxylation is 1. The number of nitrogens with zero attached hydrogens (tertiary/aromatic N) is 3. The lowest BCUT2D eigenvalue weighted by molar-refractivity contribution is 0.657. The molecule has 0 unspecified atom stereocenters. The zero-order chi connectivity index (χ0) is 11.5. The lowest BCUT2D eigenvalue weighted by atomic mass is 10.2. The van der Waals surface area contributed by atoms with Crippen LogP contribution in [0.3, 0.4) is 0 Å². The van der Waals surface area contributed by atoms with Crippen molar-refractivity contribution in [1.82, 2.24) is 9.55 Å². The molecule has 16 heavy (non-hydrogen) atoms. The molecule has 1 heterocycles. The standard InChI is InChI=1S/C13H23N3/c1-2-3-4-5-8-14-9-6-7-11-16-12-10-15-13-16/h9-10,12-13H,2-8,11H2,1H3. The van der Waals surface area contributed by atoms with Crippen molar-refractivity contribution >= 4 is 6.21 Å². The maximum Gasteiger partial charge on any atom is 0.0945 e. The molecule has 1 rings (SSSR count). The fraction of sp³-hybridized carbons (Fsp3) is 0.692. The Balaban J connectivity index is 1.89. The monoisotopic (exact) mass is 221 g/mol. The van der Waals surface area contributed by atoms with Crippen LogP contribution in [0.25, 0.3) is 0 Å². The second kappa shape index (κ2) is 9.13. The van der Waals surface area contributed by atoms with Crippen molar-refractivity contribution in [2.45, 2.75) is 52.0 Å². The van der Waals surface area contributed by atoms with Crippen molar-refractivity contribution in [3.8, 4) is 0 Å². The van der Waals surface area contributed by atoms with Crippen LogP contribution in [0.5, 0.6) is 0 Å². The van der Waals surface area contributed by atoms with Crippen LogP contribution in [-0.4, -0.2) is 22.3 Å². The predicted octanol–water partition coefficient (Wildman–Crippen LogP) is 3.31. The number of aliphatic imine (C=N–C) groups is 1. The van der Waals surface area contributed by atoms with Gasteiger partial charge in [0.2, 0.25) is 0 Å². The molecule has 0 radical (unpaired) electrons. The smallest absolute Gasteiger partial charge is 0.0945 e. The first-order valence-electron chi connectivity index (χ1n) is 6.37. The molecule has 3 heteroatoms. The molecule has 0 aliphatic heterocycles. The number of imidazole rings is 1. The highest BCUT2D eigenvalue weighted by Crippen LogP contribution is 1.98. The summed E-state index contributed by atoms with van der Waals surface area (Å²) >= 11 is 0. The minimum absolute atomic E-state index is 1.01. The highest BCUT2D eigenvalue weighted by Gasteiger charge is 1.88. The van der Waals surface area contributed by atoms with Crippen LogP contribution in [0.15, 0.2) is 23.7 Å². The average molecular weight is 221 g/mol. The fourth-order valence-electron chi connectivity index (χ4n) is 1.60. The molecule has 0 fully saturated rings. The third-order valence-electron chi connectivity index (χ3n) is 2.58. The second-order valence-electron chi connectivity index (χ2n) is 4.09. The van der Waals surface area contributed by atoms with E-state index in [9.17, 15) is 0 Å². The third-order valence-corrected chi connectivity index (χ3v) is 2.58. The van der Waals surface area contributed by atoms with Crippen molar-refractivity contribution in [1.29, 1.82) is 0 Å². The van der Waals surface area contributed by atoms with Gasteiger partial charge in [0.15, 0.2) is 0 Å². The van der Waals surface area contributed by atoms with E-state index in [2.05, 4.69) is 27.7 Å². The molecule has 1 aromatic rings. The zero-order valence-corrected chi connectivity index (χ0v) is 10.3. The average Bonchev–Trinajstić information content (AvgIpc) is 2.80. The SMILES string of the molecule is CCCCCCN=CCCCn1ccnc1. The van der Waals surface area contributed by atoms with Crippen LogP contribution in [-0.2, 0) is 6.54 Å². The molecule has 0 N–H and O–H groups in total. The molecule has 0 spiro atoms. The van der Waals surface area contributed by atoms with Gasteiger partial charge in [-0.3, -0.25) is 4.99 Å². The zero-order valence-electron chi connectivity index (χ0n) is 10.3. The van der Waals surface area contributed by atoms with Crippen LogP contribution in [0.4, 0.5) is 0 Å². The summed E-state index contributed by atoms with van der Waals surface area (Å²) in [6, 6.07) is 0. The molecule has 90 valence electrons. The van der Waals surface area contributed by atoms with Crippen LogP contribution in [0.2, 0.25) is 0 Å². The van der Waals surface area contributed by atoms with Gasteiger partial charge < -0.3 is 4.57 Å². The van der Waals surface area contributed by atoms with Gasteiger partial charge in [-0.1, -0.05) is 26.2 Å². The van der Waals surface area contributed by atoms with Crippen molar-refractivity contribution in [2.24, 2.45) is 4.99 Å². The first-order valence-corrected chi connectivity index (χ1v) is 6.37. The lowest BCUT2D eigenvalue weighted by Crippen LogP contribution is -1.94. The summed E-state index contributed by atoms with van der Waals surface area (Å²) in [6.07, 6.45) is 15.2. The topological polar surface area (TPSA) is 30.2 Å². The fourth-order valence-corrected chi connectivity index (χ4v) is 1.60. The summed E-state index contributed by atoms with van der Waals surface area (Å²) in [6.45, 7) is 4.28. The van der Waals surface area contributed by atoms with Gasteiger partial charge in [-0.05, 0) is 25.5 Å². The second-order valence-corrected chi connectivity index (χ2v) is 4.09. The summed E-state index contributed by atoms with van der Waals surface area (Å²) in [5.74, 6) is 0. The number of aromatic nitrogens is 2. The predicted molar refractivity (Wildman–Crippen MR) is 69.0 cm³/mol. The molecule has 0 saturated heterocycles.